The van der Waals surface area contributed by atoms with Crippen LogP contribution in [0.5, 0.6) is 0 Å². The molecule has 3 nitrogen and oxygen atoms in total. The molecule has 0 unspecified atom stereocenters. The fraction of sp³-hybridized carbons (Fsp3) is 0.500. The lowest BCUT2D eigenvalue weighted by Gasteiger charge is -2.34. The molecule has 1 aliphatic rings. The molecule has 1 saturated heterocycles. The van der Waals surface area contributed by atoms with Crippen molar-refractivity contribution in [2.24, 2.45) is 0 Å². The molecule has 1 aromatic carbocycles. The van der Waals surface area contributed by atoms with Crippen molar-refractivity contribution in [1.29, 1.82) is 0 Å². The Morgan fingerprint density at radius 2 is 2.00 bits per heavy atom. The number of nitrogens with zero attached hydrogens (tertiary/aromatic N) is 2. The summed E-state index contributed by atoms with van der Waals surface area (Å²) in [5, 5.41) is 1.56. The topological polar surface area (TPSA) is 23.6 Å². The summed E-state index contributed by atoms with van der Waals surface area (Å²) in [5.41, 5.74) is 1.57. The van der Waals surface area contributed by atoms with Crippen molar-refractivity contribution in [3.63, 3.8) is 0 Å². The van der Waals surface area contributed by atoms with Gasteiger partial charge in [0.2, 0.25) is 0 Å². The van der Waals surface area contributed by atoms with Crippen LogP contribution in [0, 0.1) is 6.92 Å². The van der Waals surface area contributed by atoms with Crippen LogP contribution in [0.1, 0.15) is 15.9 Å². The molecule has 0 aromatic heterocycles. The third-order valence-electron chi connectivity index (χ3n) is 3.48. The van der Waals surface area contributed by atoms with Gasteiger partial charge in [-0.2, -0.15) is 0 Å². The molecular formula is C14H18BrClN2O. The van der Waals surface area contributed by atoms with Crippen LogP contribution in [-0.4, -0.2) is 53.8 Å². The van der Waals surface area contributed by atoms with E-state index in [-0.39, 0.29) is 5.91 Å². The third kappa shape index (κ3) is 3.50. The molecule has 0 aliphatic carbocycles. The number of hydrogen-bond acceptors (Lipinski definition) is 2. The summed E-state index contributed by atoms with van der Waals surface area (Å²) in [6.45, 7) is 6.37. The number of aryl methyl sites for hydroxylation is 1. The molecule has 1 aliphatic heterocycles. The average molecular weight is 346 g/mol. The second kappa shape index (κ2) is 6.73. The van der Waals surface area contributed by atoms with Gasteiger partial charge >= 0.3 is 0 Å². The Morgan fingerprint density at radius 1 is 1.32 bits per heavy atom. The van der Waals surface area contributed by atoms with Crippen LogP contribution in [0.2, 0.25) is 5.02 Å². The molecule has 0 N–H and O–H groups in total. The quantitative estimate of drug-likeness (QED) is 0.787. The van der Waals surface area contributed by atoms with Gasteiger partial charge in [0.15, 0.2) is 0 Å². The van der Waals surface area contributed by atoms with E-state index in [2.05, 4.69) is 20.8 Å². The lowest BCUT2D eigenvalue weighted by atomic mass is 10.1. The molecule has 0 atom stereocenters. The smallest absolute Gasteiger partial charge is 0.255 e. The zero-order chi connectivity index (χ0) is 13.8. The second-order valence-electron chi connectivity index (χ2n) is 4.76. The molecule has 104 valence electrons. The van der Waals surface area contributed by atoms with E-state index in [0.717, 1.165) is 43.6 Å². The van der Waals surface area contributed by atoms with Crippen LogP contribution in [0.15, 0.2) is 18.2 Å². The van der Waals surface area contributed by atoms with Crippen molar-refractivity contribution in [3.05, 3.63) is 34.3 Å². The molecule has 0 radical (unpaired) electrons. The van der Waals surface area contributed by atoms with E-state index < -0.39 is 0 Å². The highest BCUT2D eigenvalue weighted by Crippen LogP contribution is 2.22. The maximum atomic E-state index is 12.5. The summed E-state index contributed by atoms with van der Waals surface area (Å²) in [6.07, 6.45) is 0. The van der Waals surface area contributed by atoms with Crippen LogP contribution in [0.4, 0.5) is 0 Å². The fourth-order valence-corrected chi connectivity index (χ4v) is 2.99. The summed E-state index contributed by atoms with van der Waals surface area (Å²) < 4.78 is 0. The van der Waals surface area contributed by atoms with E-state index in [1.807, 2.05) is 30.0 Å². The van der Waals surface area contributed by atoms with Gasteiger partial charge in [0.05, 0.1) is 10.6 Å². The molecule has 1 aromatic rings. The number of carbonyl (C=O) groups excluding carboxylic acids is 1. The van der Waals surface area contributed by atoms with E-state index in [4.69, 9.17) is 11.6 Å². The largest absolute Gasteiger partial charge is 0.336 e. The van der Waals surface area contributed by atoms with E-state index >= 15 is 0 Å². The van der Waals surface area contributed by atoms with Gasteiger partial charge < -0.3 is 4.90 Å². The van der Waals surface area contributed by atoms with Crippen molar-refractivity contribution in [1.82, 2.24) is 9.80 Å². The van der Waals surface area contributed by atoms with Gasteiger partial charge in [0.25, 0.3) is 5.91 Å². The third-order valence-corrected chi connectivity index (χ3v) is 4.34. The van der Waals surface area contributed by atoms with E-state index in [1.165, 1.54) is 0 Å². The van der Waals surface area contributed by atoms with E-state index in [0.29, 0.717) is 10.6 Å². The van der Waals surface area contributed by atoms with Gasteiger partial charge in [-0.1, -0.05) is 39.7 Å². The minimum Gasteiger partial charge on any atom is -0.336 e. The second-order valence-corrected chi connectivity index (χ2v) is 5.93. The van der Waals surface area contributed by atoms with Crippen molar-refractivity contribution < 1.29 is 4.79 Å². The monoisotopic (exact) mass is 344 g/mol. The Bertz CT molecular complexity index is 459. The maximum Gasteiger partial charge on any atom is 0.255 e. The number of amides is 1. The SMILES string of the molecule is Cc1cccc(C(=O)N2CCN(CCBr)CC2)c1Cl. The van der Waals surface area contributed by atoms with Gasteiger partial charge in [0.1, 0.15) is 0 Å². The molecule has 1 heterocycles. The van der Waals surface area contributed by atoms with Gasteiger partial charge in [-0.05, 0) is 18.6 Å². The van der Waals surface area contributed by atoms with E-state index in [9.17, 15) is 4.79 Å². The zero-order valence-electron chi connectivity index (χ0n) is 11.0. The highest BCUT2D eigenvalue weighted by molar-refractivity contribution is 9.09. The average Bonchev–Trinajstić information content (AvgIpc) is 2.42. The Labute approximate surface area is 127 Å². The Kier molecular flexibility index (Phi) is 5.25. The molecule has 0 saturated carbocycles. The van der Waals surface area contributed by atoms with Crippen molar-refractivity contribution >= 4 is 33.4 Å². The maximum absolute atomic E-state index is 12.5. The predicted molar refractivity (Wildman–Crippen MR) is 82.3 cm³/mol. The molecule has 19 heavy (non-hydrogen) atoms. The van der Waals surface area contributed by atoms with E-state index in [1.54, 1.807) is 0 Å². The molecule has 0 spiro atoms. The number of hydrogen-bond donors (Lipinski definition) is 0. The van der Waals surface area contributed by atoms with Crippen molar-refractivity contribution in [3.8, 4) is 0 Å². The van der Waals surface area contributed by atoms with Crippen molar-refractivity contribution in [2.45, 2.75) is 6.92 Å². The highest BCUT2D eigenvalue weighted by atomic mass is 79.9. The Hall–Kier alpha value is -0.580. The molecule has 1 amide bonds. The van der Waals surface area contributed by atoms with Crippen LogP contribution < -0.4 is 0 Å². The molecule has 2 rings (SSSR count). The van der Waals surface area contributed by atoms with Crippen molar-refractivity contribution in [2.75, 3.05) is 38.1 Å². The summed E-state index contributed by atoms with van der Waals surface area (Å²) in [7, 11) is 0. The van der Waals surface area contributed by atoms with Gasteiger partial charge in [-0.15, -0.1) is 0 Å². The number of benzene rings is 1. The minimum absolute atomic E-state index is 0.0483. The Balaban J connectivity index is 2.03. The number of alkyl halides is 1. The van der Waals surface area contributed by atoms with Crippen LogP contribution in [0.25, 0.3) is 0 Å². The van der Waals surface area contributed by atoms with Gasteiger partial charge in [0, 0.05) is 38.1 Å². The first-order valence-corrected chi connectivity index (χ1v) is 7.96. The summed E-state index contributed by atoms with van der Waals surface area (Å²) in [5.74, 6) is 0.0483. The van der Waals surface area contributed by atoms with Gasteiger partial charge in [-0.3, -0.25) is 9.69 Å². The molecule has 0 bridgehead atoms. The standard InChI is InChI=1S/C14H18BrClN2O/c1-11-3-2-4-12(13(11)16)14(19)18-9-7-17(6-5-15)8-10-18/h2-4H,5-10H2,1H3. The fourth-order valence-electron chi connectivity index (χ4n) is 2.28. The predicted octanol–water partition coefficient (Wildman–Crippen LogP) is 2.80. The first-order chi connectivity index (χ1) is 9.13. The first-order valence-electron chi connectivity index (χ1n) is 6.46. The Morgan fingerprint density at radius 3 is 2.63 bits per heavy atom. The lowest BCUT2D eigenvalue weighted by molar-refractivity contribution is 0.0645. The molecule has 1 fully saturated rings. The van der Waals surface area contributed by atoms with Crippen LogP contribution in [0.3, 0.4) is 0 Å². The highest BCUT2D eigenvalue weighted by Gasteiger charge is 2.23. The number of carbonyl (C=O) groups is 1. The summed E-state index contributed by atoms with van der Waals surface area (Å²) in [6, 6.07) is 5.62. The van der Waals surface area contributed by atoms with Gasteiger partial charge in [-0.25, -0.2) is 0 Å². The number of piperazine rings is 1. The zero-order valence-corrected chi connectivity index (χ0v) is 13.4. The molecular weight excluding hydrogens is 328 g/mol. The number of rotatable bonds is 3. The lowest BCUT2D eigenvalue weighted by Crippen LogP contribution is -2.49. The summed E-state index contributed by atoms with van der Waals surface area (Å²) in [4.78, 5) is 16.7. The van der Waals surface area contributed by atoms with Crippen LogP contribution >= 0.6 is 27.5 Å². The summed E-state index contributed by atoms with van der Waals surface area (Å²) >= 11 is 9.67. The molecule has 5 heteroatoms. The first kappa shape index (κ1) is 14.8. The van der Waals surface area contributed by atoms with Crippen LogP contribution in [-0.2, 0) is 0 Å². The number of halogens is 2. The minimum atomic E-state index is 0.0483. The normalized spacial score (nSPS) is 16.7.